The van der Waals surface area contributed by atoms with E-state index in [0.717, 1.165) is 64.2 Å². The molecule has 6 nitrogen and oxygen atoms in total. The van der Waals surface area contributed by atoms with Crippen LogP contribution in [0, 0.1) is 35.5 Å². The first-order chi connectivity index (χ1) is 28.3. The number of carbonyl (C=O) groups excluding carboxylic acids is 2. The molecule has 2 atom stereocenters. The molecule has 8 rings (SSSR count). The third-order valence-electron chi connectivity index (χ3n) is 14.8. The van der Waals surface area contributed by atoms with Gasteiger partial charge in [-0.05, 0) is 145 Å². The van der Waals surface area contributed by atoms with Crippen molar-refractivity contribution in [2.45, 2.75) is 102 Å². The Morgan fingerprint density at radius 3 is 1.07 bits per heavy atom. The number of ether oxygens (including phenoxy) is 2. The molecule has 58 heavy (non-hydrogen) atoms. The Balaban J connectivity index is 1.11. The molecule has 0 aromatic heterocycles. The molecule has 4 aliphatic carbocycles. The van der Waals surface area contributed by atoms with E-state index in [-0.39, 0.29) is 37.0 Å². The van der Waals surface area contributed by atoms with E-state index in [1.165, 1.54) is 44.5 Å². The van der Waals surface area contributed by atoms with Gasteiger partial charge in [-0.3, -0.25) is 9.59 Å². The summed E-state index contributed by atoms with van der Waals surface area (Å²) in [6.45, 7) is 5.44. The smallest absolute Gasteiger partial charge is 0.308 e. The Morgan fingerprint density at radius 1 is 0.500 bits per heavy atom. The number of carbonyl (C=O) groups is 2. The zero-order valence-corrected chi connectivity index (χ0v) is 34.5. The largest absolute Gasteiger partial charge is 0.465 e. The number of esters is 2. The molecule has 4 aromatic rings. The lowest BCUT2D eigenvalue weighted by Crippen LogP contribution is -2.37. The van der Waals surface area contributed by atoms with E-state index < -0.39 is 10.8 Å². The first-order valence-electron chi connectivity index (χ1n) is 22.2. The van der Waals surface area contributed by atoms with Crippen LogP contribution in [-0.2, 0) is 29.9 Å². The number of hydrogen-bond acceptors (Lipinski definition) is 6. The first kappa shape index (κ1) is 40.5. The highest BCUT2D eigenvalue weighted by atomic mass is 16.5. The fraction of sp³-hybridized carbons (Fsp3) is 0.500. The lowest BCUT2D eigenvalue weighted by Gasteiger charge is -2.40. The average molecular weight is 783 g/mol. The van der Waals surface area contributed by atoms with Crippen molar-refractivity contribution in [3.05, 3.63) is 119 Å². The van der Waals surface area contributed by atoms with Crippen molar-refractivity contribution in [3.8, 4) is 22.3 Å². The van der Waals surface area contributed by atoms with Gasteiger partial charge in [-0.1, -0.05) is 111 Å². The lowest BCUT2D eigenvalue weighted by molar-refractivity contribution is -0.151. The van der Waals surface area contributed by atoms with Gasteiger partial charge in [-0.25, -0.2) is 0 Å². The molecule has 4 aliphatic rings. The number of hydrogen-bond donors (Lipinski definition) is 2. The summed E-state index contributed by atoms with van der Waals surface area (Å²) < 4.78 is 12.3. The van der Waals surface area contributed by atoms with Crippen LogP contribution in [0.3, 0.4) is 0 Å². The van der Waals surface area contributed by atoms with Crippen LogP contribution >= 0.6 is 0 Å². The fourth-order valence-corrected chi connectivity index (χ4v) is 11.5. The van der Waals surface area contributed by atoms with Gasteiger partial charge in [0.1, 0.15) is 0 Å². The maximum absolute atomic E-state index is 14.0. The first-order valence-corrected chi connectivity index (χ1v) is 22.2. The number of rotatable bonds is 15. The molecule has 0 spiro atoms. The van der Waals surface area contributed by atoms with E-state index >= 15 is 0 Å². The van der Waals surface area contributed by atoms with Gasteiger partial charge >= 0.3 is 11.9 Å². The molecule has 4 aromatic carbocycles. The summed E-state index contributed by atoms with van der Waals surface area (Å²) in [6, 6.07) is 35.0. The summed E-state index contributed by atoms with van der Waals surface area (Å²) >= 11 is 0. The molecule has 2 unspecified atom stereocenters. The quantitative estimate of drug-likeness (QED) is 0.117. The van der Waals surface area contributed by atoms with Crippen LogP contribution in [0.1, 0.15) is 113 Å². The molecular weight excluding hydrogens is 721 g/mol. The topological polar surface area (TPSA) is 93.1 Å². The zero-order valence-electron chi connectivity index (χ0n) is 34.5. The average Bonchev–Trinajstić information content (AvgIpc) is 3.71. The molecule has 0 radical (unpaired) electrons. The second-order valence-electron chi connectivity index (χ2n) is 18.5. The number of benzene rings is 4. The summed E-state index contributed by atoms with van der Waals surface area (Å²) in [5, 5.41) is 19.3. The van der Waals surface area contributed by atoms with Crippen molar-refractivity contribution in [1.29, 1.82) is 0 Å². The molecular formula is C52H62O6. The summed E-state index contributed by atoms with van der Waals surface area (Å²) in [4.78, 5) is 28.0. The van der Waals surface area contributed by atoms with Gasteiger partial charge in [0.2, 0.25) is 0 Å². The Hall–Kier alpha value is -4.26. The number of aliphatic hydroxyl groups excluding tert-OH is 2. The maximum atomic E-state index is 14.0. The predicted octanol–water partition coefficient (Wildman–Crippen LogP) is 10.4. The normalized spacial score (nSPS) is 23.4. The van der Waals surface area contributed by atoms with Gasteiger partial charge in [0, 0.05) is 24.0 Å². The minimum absolute atomic E-state index is 0.141. The van der Waals surface area contributed by atoms with Crippen LogP contribution < -0.4 is 0 Å². The van der Waals surface area contributed by atoms with Gasteiger partial charge in [-0.15, -0.1) is 0 Å². The second kappa shape index (κ2) is 17.5. The van der Waals surface area contributed by atoms with Crippen molar-refractivity contribution < 1.29 is 29.3 Å². The molecule has 0 aliphatic heterocycles. The van der Waals surface area contributed by atoms with Crippen molar-refractivity contribution in [2.75, 3.05) is 26.4 Å². The van der Waals surface area contributed by atoms with Crippen molar-refractivity contribution in [2.24, 2.45) is 35.5 Å². The van der Waals surface area contributed by atoms with Crippen molar-refractivity contribution in [3.63, 3.8) is 0 Å². The predicted molar refractivity (Wildman–Crippen MR) is 229 cm³/mol. The van der Waals surface area contributed by atoms with Crippen LogP contribution in [0.2, 0.25) is 0 Å². The minimum atomic E-state index is -0.457. The van der Waals surface area contributed by atoms with Crippen molar-refractivity contribution in [1.82, 2.24) is 0 Å². The van der Waals surface area contributed by atoms with Gasteiger partial charge < -0.3 is 19.7 Å². The molecule has 0 saturated heterocycles. The molecule has 0 heterocycles. The Kier molecular flexibility index (Phi) is 12.2. The van der Waals surface area contributed by atoms with E-state index in [4.69, 9.17) is 9.47 Å². The third kappa shape index (κ3) is 7.79. The van der Waals surface area contributed by atoms with E-state index in [1.807, 2.05) is 13.8 Å². The standard InChI is InChI=1S/C52H62O6/c1-35(49(55)57-33-39-23-19-37(31-53)20-24-39)29-51(45-15-7-3-11-41(45)42-12-4-8-16-46(42)51)27-28-52(47-17-9-5-13-43(47)44-14-6-10-18-48(44)52)30-36(2)50(56)58-34-40-25-21-38(32-54)22-26-40/h3-18,35-40,53-54H,19-34H2,1-2H3. The Morgan fingerprint density at radius 2 is 0.776 bits per heavy atom. The zero-order chi connectivity index (χ0) is 40.3. The van der Waals surface area contributed by atoms with Crippen LogP contribution in [0.15, 0.2) is 97.1 Å². The molecule has 6 heteroatoms. The molecule has 0 bridgehead atoms. The van der Waals surface area contributed by atoms with Crippen molar-refractivity contribution >= 4 is 11.9 Å². The molecule has 2 N–H and O–H groups in total. The molecule has 2 fully saturated rings. The summed E-state index contributed by atoms with van der Waals surface area (Å²) in [5.74, 6) is 0.466. The maximum Gasteiger partial charge on any atom is 0.308 e. The van der Waals surface area contributed by atoms with Crippen LogP contribution in [0.5, 0.6) is 0 Å². The van der Waals surface area contributed by atoms with Crippen LogP contribution in [0.25, 0.3) is 22.3 Å². The molecule has 306 valence electrons. The summed E-state index contributed by atoms with van der Waals surface area (Å²) in [5.41, 5.74) is 9.04. The monoisotopic (exact) mass is 782 g/mol. The summed E-state index contributed by atoms with van der Waals surface area (Å²) in [6.07, 6.45) is 10.7. The highest BCUT2D eigenvalue weighted by molar-refractivity contribution is 5.84. The fourth-order valence-electron chi connectivity index (χ4n) is 11.5. The second-order valence-corrected chi connectivity index (χ2v) is 18.5. The van der Waals surface area contributed by atoms with E-state index in [1.54, 1.807) is 0 Å². The van der Waals surface area contributed by atoms with E-state index in [9.17, 15) is 19.8 Å². The Bertz CT molecular complexity index is 1810. The summed E-state index contributed by atoms with van der Waals surface area (Å²) in [7, 11) is 0. The van der Waals surface area contributed by atoms with Gasteiger partial charge in [-0.2, -0.15) is 0 Å². The number of aliphatic hydroxyl groups is 2. The Labute approximate surface area is 345 Å². The van der Waals surface area contributed by atoms with Gasteiger partial charge in [0.15, 0.2) is 0 Å². The van der Waals surface area contributed by atoms with E-state index in [2.05, 4.69) is 97.1 Å². The van der Waals surface area contributed by atoms with Crippen LogP contribution in [-0.4, -0.2) is 48.6 Å². The number of fused-ring (bicyclic) bond motifs is 6. The minimum Gasteiger partial charge on any atom is -0.465 e. The highest BCUT2D eigenvalue weighted by Gasteiger charge is 2.50. The van der Waals surface area contributed by atoms with Gasteiger partial charge in [0.05, 0.1) is 25.0 Å². The van der Waals surface area contributed by atoms with Crippen LogP contribution in [0.4, 0.5) is 0 Å². The molecule has 2 saturated carbocycles. The van der Waals surface area contributed by atoms with Gasteiger partial charge in [0.25, 0.3) is 0 Å². The SMILES string of the molecule is CC(CC1(CCC2(CC(C)C(=O)OCC3CCC(CO)CC3)c3ccccc3-c3ccccc32)c2ccccc2-c2ccccc21)C(=O)OCC1CCC(CO)CC1. The third-order valence-corrected chi connectivity index (χ3v) is 14.8. The van der Waals surface area contributed by atoms with E-state index in [0.29, 0.717) is 49.7 Å². The molecule has 0 amide bonds. The lowest BCUT2D eigenvalue weighted by atomic mass is 9.62. The highest BCUT2D eigenvalue weighted by Crippen LogP contribution is 2.59.